The molecule has 3 rings (SSSR count). The fourth-order valence-corrected chi connectivity index (χ4v) is 2.54. The van der Waals surface area contributed by atoms with Crippen molar-refractivity contribution in [1.29, 1.82) is 0 Å². The largest absolute Gasteiger partial charge is 0.454 e. The van der Waals surface area contributed by atoms with E-state index in [1.54, 1.807) is 24.3 Å². The number of aryl methyl sites for hydroxylation is 2. The molecule has 1 atom stereocenters. The molecule has 0 saturated heterocycles. The van der Waals surface area contributed by atoms with E-state index in [1.807, 2.05) is 26.0 Å². The zero-order chi connectivity index (χ0) is 18.0. The van der Waals surface area contributed by atoms with Gasteiger partial charge in [-0.15, -0.1) is 0 Å². The second-order valence-corrected chi connectivity index (χ2v) is 5.92. The Labute approximate surface area is 145 Å². The van der Waals surface area contributed by atoms with Gasteiger partial charge in [0.1, 0.15) is 0 Å². The van der Waals surface area contributed by atoms with Crippen LogP contribution in [0.1, 0.15) is 28.4 Å². The van der Waals surface area contributed by atoms with Crippen molar-refractivity contribution in [1.82, 2.24) is 0 Å². The molecule has 0 aliphatic carbocycles. The minimum atomic E-state index is -0.932. The number of amides is 1. The zero-order valence-electron chi connectivity index (χ0n) is 14.3. The number of anilines is 1. The van der Waals surface area contributed by atoms with Crippen molar-refractivity contribution in [3.8, 4) is 11.5 Å². The molecular weight excluding hydrogens is 322 g/mol. The van der Waals surface area contributed by atoms with E-state index in [9.17, 15) is 9.59 Å². The number of nitrogens with one attached hydrogen (secondary N) is 1. The first-order chi connectivity index (χ1) is 11.9. The SMILES string of the molecule is Cc1ccc(C(=O)O[C@H](C)C(=O)Nc2ccc3c(c2)OCO3)c(C)c1. The molecule has 6 nitrogen and oxygen atoms in total. The lowest BCUT2D eigenvalue weighted by atomic mass is 10.1. The monoisotopic (exact) mass is 341 g/mol. The van der Waals surface area contributed by atoms with Gasteiger partial charge in [-0.1, -0.05) is 17.7 Å². The van der Waals surface area contributed by atoms with Crippen molar-refractivity contribution < 1.29 is 23.8 Å². The predicted octanol–water partition coefficient (Wildman–Crippen LogP) is 3.22. The van der Waals surface area contributed by atoms with E-state index in [1.165, 1.54) is 6.92 Å². The second kappa shape index (κ2) is 6.84. The summed E-state index contributed by atoms with van der Waals surface area (Å²) in [6.07, 6.45) is -0.932. The van der Waals surface area contributed by atoms with Crippen LogP contribution in [0.2, 0.25) is 0 Å². The van der Waals surface area contributed by atoms with E-state index in [0.717, 1.165) is 11.1 Å². The highest BCUT2D eigenvalue weighted by Crippen LogP contribution is 2.34. The van der Waals surface area contributed by atoms with E-state index in [-0.39, 0.29) is 6.79 Å². The molecule has 0 bridgehead atoms. The fraction of sp³-hybridized carbons (Fsp3) is 0.263. The molecule has 0 spiro atoms. The summed E-state index contributed by atoms with van der Waals surface area (Å²) in [4.78, 5) is 24.5. The number of fused-ring (bicyclic) bond motifs is 1. The Bertz CT molecular complexity index is 831. The maximum atomic E-state index is 12.3. The summed E-state index contributed by atoms with van der Waals surface area (Å²) in [5, 5.41) is 2.70. The van der Waals surface area contributed by atoms with E-state index in [2.05, 4.69) is 5.32 Å². The first-order valence-electron chi connectivity index (χ1n) is 7.93. The Balaban J connectivity index is 1.63. The molecule has 0 saturated carbocycles. The van der Waals surface area contributed by atoms with Crippen molar-refractivity contribution in [3.63, 3.8) is 0 Å². The fourth-order valence-electron chi connectivity index (χ4n) is 2.54. The normalized spacial score (nSPS) is 13.2. The zero-order valence-corrected chi connectivity index (χ0v) is 14.3. The van der Waals surface area contributed by atoms with Crippen LogP contribution >= 0.6 is 0 Å². The van der Waals surface area contributed by atoms with Crippen molar-refractivity contribution in [3.05, 3.63) is 53.1 Å². The van der Waals surface area contributed by atoms with E-state index >= 15 is 0 Å². The lowest BCUT2D eigenvalue weighted by Gasteiger charge is -2.15. The Kier molecular flexibility index (Phi) is 4.61. The number of ether oxygens (including phenoxy) is 3. The summed E-state index contributed by atoms with van der Waals surface area (Å²) in [6, 6.07) is 10.5. The minimum Gasteiger partial charge on any atom is -0.454 e. The molecule has 0 fully saturated rings. The minimum absolute atomic E-state index is 0.163. The molecule has 0 unspecified atom stereocenters. The Morgan fingerprint density at radius 3 is 2.60 bits per heavy atom. The van der Waals surface area contributed by atoms with E-state index < -0.39 is 18.0 Å². The van der Waals surface area contributed by atoms with Crippen LogP contribution in [-0.4, -0.2) is 24.8 Å². The molecule has 2 aromatic rings. The second-order valence-electron chi connectivity index (χ2n) is 5.92. The summed E-state index contributed by atoms with van der Waals surface area (Å²) in [5.41, 5.74) is 2.87. The number of carbonyl (C=O) groups excluding carboxylic acids is 2. The molecular formula is C19H19NO5. The van der Waals surface area contributed by atoms with Crippen molar-refractivity contribution in [2.24, 2.45) is 0 Å². The number of hydrogen-bond acceptors (Lipinski definition) is 5. The number of carbonyl (C=O) groups is 2. The van der Waals surface area contributed by atoms with Gasteiger partial charge in [0.05, 0.1) is 5.56 Å². The maximum absolute atomic E-state index is 12.3. The smallest absolute Gasteiger partial charge is 0.339 e. The molecule has 1 aliphatic rings. The number of esters is 1. The molecule has 6 heteroatoms. The van der Waals surface area contributed by atoms with Crippen LogP contribution in [0.3, 0.4) is 0 Å². The molecule has 130 valence electrons. The van der Waals surface area contributed by atoms with Gasteiger partial charge in [0, 0.05) is 11.8 Å². The summed E-state index contributed by atoms with van der Waals surface area (Å²) < 4.78 is 15.8. The Hall–Kier alpha value is -3.02. The van der Waals surface area contributed by atoms with Gasteiger partial charge in [-0.2, -0.15) is 0 Å². The Morgan fingerprint density at radius 1 is 1.08 bits per heavy atom. The van der Waals surface area contributed by atoms with Crippen LogP contribution in [0, 0.1) is 13.8 Å². The van der Waals surface area contributed by atoms with Crippen molar-refractivity contribution in [2.75, 3.05) is 12.1 Å². The van der Waals surface area contributed by atoms with Gasteiger partial charge in [-0.25, -0.2) is 4.79 Å². The topological polar surface area (TPSA) is 73.9 Å². The predicted molar refractivity (Wildman–Crippen MR) is 92.0 cm³/mol. The third-order valence-corrected chi connectivity index (χ3v) is 3.89. The molecule has 2 aromatic carbocycles. The third-order valence-electron chi connectivity index (χ3n) is 3.89. The van der Waals surface area contributed by atoms with E-state index in [4.69, 9.17) is 14.2 Å². The first kappa shape index (κ1) is 16.8. The average Bonchev–Trinajstić information content (AvgIpc) is 3.02. The van der Waals surface area contributed by atoms with Crippen LogP contribution in [0.15, 0.2) is 36.4 Å². The van der Waals surface area contributed by atoms with Crippen LogP contribution in [0.4, 0.5) is 5.69 Å². The third kappa shape index (κ3) is 3.74. The lowest BCUT2D eigenvalue weighted by Crippen LogP contribution is -2.30. The standard InChI is InChI=1S/C19H19NO5/c1-11-4-6-15(12(2)8-11)19(22)25-13(3)18(21)20-14-5-7-16-17(9-14)24-10-23-16/h4-9,13H,10H2,1-3H3,(H,20,21)/t13-/m1/s1. The highest BCUT2D eigenvalue weighted by Gasteiger charge is 2.21. The number of hydrogen-bond donors (Lipinski definition) is 1. The Morgan fingerprint density at radius 2 is 1.84 bits per heavy atom. The van der Waals surface area contributed by atoms with Crippen LogP contribution in [0.25, 0.3) is 0 Å². The summed E-state index contributed by atoms with van der Waals surface area (Å²) in [5.74, 6) is 0.257. The maximum Gasteiger partial charge on any atom is 0.339 e. The lowest BCUT2D eigenvalue weighted by molar-refractivity contribution is -0.123. The summed E-state index contributed by atoms with van der Waals surface area (Å²) in [6.45, 7) is 5.48. The quantitative estimate of drug-likeness (QED) is 0.865. The first-order valence-corrected chi connectivity index (χ1v) is 7.93. The highest BCUT2D eigenvalue weighted by atomic mass is 16.7. The molecule has 1 aliphatic heterocycles. The van der Waals surface area contributed by atoms with E-state index in [0.29, 0.717) is 22.7 Å². The molecule has 0 aromatic heterocycles. The molecule has 25 heavy (non-hydrogen) atoms. The van der Waals surface area contributed by atoms with Gasteiger partial charge in [-0.05, 0) is 44.5 Å². The average molecular weight is 341 g/mol. The summed E-state index contributed by atoms with van der Waals surface area (Å²) in [7, 11) is 0. The van der Waals surface area contributed by atoms with Crippen LogP contribution in [0.5, 0.6) is 11.5 Å². The molecule has 1 heterocycles. The number of rotatable bonds is 4. The van der Waals surface area contributed by atoms with Gasteiger partial charge in [0.2, 0.25) is 6.79 Å². The van der Waals surface area contributed by atoms with Gasteiger partial charge in [0.25, 0.3) is 5.91 Å². The highest BCUT2D eigenvalue weighted by molar-refractivity contribution is 5.98. The molecule has 0 radical (unpaired) electrons. The van der Waals surface area contributed by atoms with Crippen LogP contribution in [-0.2, 0) is 9.53 Å². The van der Waals surface area contributed by atoms with Crippen LogP contribution < -0.4 is 14.8 Å². The van der Waals surface area contributed by atoms with Gasteiger partial charge < -0.3 is 19.5 Å². The molecule has 1 N–H and O–H groups in total. The van der Waals surface area contributed by atoms with Gasteiger partial charge in [0.15, 0.2) is 17.6 Å². The molecule has 1 amide bonds. The van der Waals surface area contributed by atoms with Crippen molar-refractivity contribution >= 4 is 17.6 Å². The van der Waals surface area contributed by atoms with Gasteiger partial charge in [-0.3, -0.25) is 4.79 Å². The van der Waals surface area contributed by atoms with Gasteiger partial charge >= 0.3 is 5.97 Å². The van der Waals surface area contributed by atoms with Crippen molar-refractivity contribution in [2.45, 2.75) is 26.9 Å². The number of benzene rings is 2. The summed E-state index contributed by atoms with van der Waals surface area (Å²) >= 11 is 0.